The average Bonchev–Trinajstić information content (AvgIpc) is 3.28. The summed E-state index contributed by atoms with van der Waals surface area (Å²) in [5, 5.41) is 0. The third kappa shape index (κ3) is 3.43. The summed E-state index contributed by atoms with van der Waals surface area (Å²) in [6, 6.07) is 10.9. The molecule has 26 heavy (non-hydrogen) atoms. The van der Waals surface area contributed by atoms with Crippen molar-refractivity contribution >= 4 is 5.57 Å². The largest absolute Gasteiger partial charge is 0.102 e. The highest BCUT2D eigenvalue weighted by Gasteiger charge is 2.43. The second-order valence-corrected chi connectivity index (χ2v) is 7.84. The molecule has 1 unspecified atom stereocenters. The van der Waals surface area contributed by atoms with Crippen LogP contribution < -0.4 is 0 Å². The highest BCUT2D eigenvalue weighted by molar-refractivity contribution is 5.81. The maximum atomic E-state index is 4.19. The van der Waals surface area contributed by atoms with Crippen LogP contribution in [0.4, 0.5) is 0 Å². The highest BCUT2D eigenvalue weighted by Crippen LogP contribution is 2.57. The highest BCUT2D eigenvalue weighted by atomic mass is 14.5. The second-order valence-electron chi connectivity index (χ2n) is 7.84. The summed E-state index contributed by atoms with van der Waals surface area (Å²) in [6.45, 7) is 12.5. The zero-order valence-electron chi connectivity index (χ0n) is 16.4. The van der Waals surface area contributed by atoms with Gasteiger partial charge in [-0.25, -0.2) is 0 Å². The van der Waals surface area contributed by atoms with Gasteiger partial charge in [-0.15, -0.1) is 6.58 Å². The molecule has 1 atom stereocenters. The lowest BCUT2D eigenvalue weighted by atomic mass is 9.80. The van der Waals surface area contributed by atoms with E-state index in [1.165, 1.54) is 55.2 Å². The van der Waals surface area contributed by atoms with E-state index >= 15 is 0 Å². The van der Waals surface area contributed by atoms with Crippen molar-refractivity contribution < 1.29 is 0 Å². The molecule has 3 rings (SSSR count). The predicted octanol–water partition coefficient (Wildman–Crippen LogP) is 7.68. The Hall–Kier alpha value is -2.08. The normalized spacial score (nSPS) is 21.3. The molecule has 0 N–H and O–H groups in total. The zero-order chi connectivity index (χ0) is 18.6. The second kappa shape index (κ2) is 8.08. The number of hydrogen-bond donors (Lipinski definition) is 0. The van der Waals surface area contributed by atoms with Crippen molar-refractivity contribution in [2.24, 2.45) is 11.3 Å². The number of hydrogen-bond acceptors (Lipinski definition) is 0. The Bertz CT molecular complexity index is 748. The molecule has 0 heterocycles. The molecule has 136 valence electrons. The first-order valence-corrected chi connectivity index (χ1v) is 10.0. The Kier molecular flexibility index (Phi) is 5.81. The molecule has 0 heteroatoms. The van der Waals surface area contributed by atoms with Crippen molar-refractivity contribution in [2.75, 3.05) is 0 Å². The quantitative estimate of drug-likeness (QED) is 0.367. The summed E-state index contributed by atoms with van der Waals surface area (Å²) in [4.78, 5) is 0. The minimum Gasteiger partial charge on any atom is -0.102 e. The minimum absolute atomic E-state index is 0.283. The van der Waals surface area contributed by atoms with Gasteiger partial charge in [-0.3, -0.25) is 0 Å². The smallest absolute Gasteiger partial charge is 0.0228 e. The first kappa shape index (κ1) is 18.7. The summed E-state index contributed by atoms with van der Waals surface area (Å²) in [5.74, 6) is 0.283. The van der Waals surface area contributed by atoms with Gasteiger partial charge >= 0.3 is 0 Å². The van der Waals surface area contributed by atoms with E-state index in [0.717, 1.165) is 0 Å². The van der Waals surface area contributed by atoms with Crippen molar-refractivity contribution in [1.29, 1.82) is 0 Å². The van der Waals surface area contributed by atoms with Gasteiger partial charge in [0.25, 0.3) is 0 Å². The van der Waals surface area contributed by atoms with Gasteiger partial charge in [-0.1, -0.05) is 79.6 Å². The third-order valence-electron chi connectivity index (χ3n) is 6.41. The minimum atomic E-state index is 0.283. The van der Waals surface area contributed by atoms with Crippen molar-refractivity contribution in [1.82, 2.24) is 0 Å². The van der Waals surface area contributed by atoms with Crippen LogP contribution in [0, 0.1) is 11.3 Å². The van der Waals surface area contributed by atoms with Crippen LogP contribution in [0.5, 0.6) is 0 Å². The molecule has 0 radical (unpaired) electrons. The van der Waals surface area contributed by atoms with E-state index in [0.29, 0.717) is 5.41 Å². The van der Waals surface area contributed by atoms with Gasteiger partial charge in [0.15, 0.2) is 0 Å². The van der Waals surface area contributed by atoms with E-state index in [2.05, 4.69) is 75.6 Å². The molecule has 0 nitrogen and oxygen atoms in total. The summed E-state index contributed by atoms with van der Waals surface area (Å²) >= 11 is 0. The van der Waals surface area contributed by atoms with Gasteiger partial charge in [-0.05, 0) is 67.2 Å². The molecule has 0 amide bonds. The Morgan fingerprint density at radius 3 is 2.23 bits per heavy atom. The fourth-order valence-corrected chi connectivity index (χ4v) is 5.14. The maximum absolute atomic E-state index is 4.19. The standard InChI is InChI=1S/C26H32/c1-5-20(6-2)22(7-3)24-18-26(16-12-13-17-26)19-25(24)23(8-4)21-14-10-9-11-15-21/h5-11,14-15,22H,1,3,12-13,16-19H2,2,4H3/b20-6+,23-8-. The molecule has 1 saturated carbocycles. The monoisotopic (exact) mass is 344 g/mol. The molecule has 2 aliphatic rings. The lowest BCUT2D eigenvalue weighted by Gasteiger charge is -2.25. The van der Waals surface area contributed by atoms with Gasteiger partial charge in [0.1, 0.15) is 0 Å². The van der Waals surface area contributed by atoms with Crippen LogP contribution in [-0.4, -0.2) is 0 Å². The summed E-state index contributed by atoms with van der Waals surface area (Å²) < 4.78 is 0. The Morgan fingerprint density at radius 1 is 1.00 bits per heavy atom. The van der Waals surface area contributed by atoms with Crippen LogP contribution in [0.25, 0.3) is 5.57 Å². The van der Waals surface area contributed by atoms with Crippen LogP contribution in [0.3, 0.4) is 0 Å². The molecule has 0 aromatic heterocycles. The number of allylic oxidation sites excluding steroid dienone is 8. The summed E-state index contributed by atoms with van der Waals surface area (Å²) in [5.41, 5.74) is 7.65. The number of benzene rings is 1. The Balaban J connectivity index is 2.11. The Morgan fingerprint density at radius 2 is 1.69 bits per heavy atom. The van der Waals surface area contributed by atoms with Crippen molar-refractivity contribution in [3.05, 3.63) is 90.1 Å². The van der Waals surface area contributed by atoms with E-state index in [1.807, 2.05) is 6.08 Å². The lowest BCUT2D eigenvalue weighted by molar-refractivity contribution is 0.314. The van der Waals surface area contributed by atoms with Crippen LogP contribution >= 0.6 is 0 Å². The van der Waals surface area contributed by atoms with Gasteiger partial charge < -0.3 is 0 Å². The molecule has 1 spiro atoms. The van der Waals surface area contributed by atoms with Crippen LogP contribution in [-0.2, 0) is 0 Å². The molecule has 1 aromatic carbocycles. The van der Waals surface area contributed by atoms with Crippen molar-refractivity contribution in [3.63, 3.8) is 0 Å². The van der Waals surface area contributed by atoms with Gasteiger partial charge in [0.2, 0.25) is 0 Å². The van der Waals surface area contributed by atoms with E-state index in [9.17, 15) is 0 Å². The van der Waals surface area contributed by atoms with Crippen LogP contribution in [0.2, 0.25) is 0 Å². The zero-order valence-corrected chi connectivity index (χ0v) is 16.4. The predicted molar refractivity (Wildman–Crippen MR) is 115 cm³/mol. The van der Waals surface area contributed by atoms with Crippen molar-refractivity contribution in [3.8, 4) is 0 Å². The topological polar surface area (TPSA) is 0 Å². The number of rotatable bonds is 6. The molecule has 1 fully saturated rings. The van der Waals surface area contributed by atoms with Crippen molar-refractivity contribution in [2.45, 2.75) is 52.4 Å². The van der Waals surface area contributed by atoms with E-state index < -0.39 is 0 Å². The molecular formula is C26H32. The van der Waals surface area contributed by atoms with Crippen LogP contribution in [0.1, 0.15) is 57.9 Å². The van der Waals surface area contributed by atoms with Gasteiger partial charge in [0, 0.05) is 5.92 Å². The fraction of sp³-hybridized carbons (Fsp3) is 0.385. The maximum Gasteiger partial charge on any atom is 0.0228 e. The van der Waals surface area contributed by atoms with Crippen LogP contribution in [0.15, 0.2) is 84.5 Å². The van der Waals surface area contributed by atoms with Gasteiger partial charge in [0.05, 0.1) is 0 Å². The molecule has 0 aliphatic heterocycles. The first-order valence-electron chi connectivity index (χ1n) is 10.0. The third-order valence-corrected chi connectivity index (χ3v) is 6.41. The fourth-order valence-electron chi connectivity index (χ4n) is 5.14. The molecule has 2 aliphatic carbocycles. The van der Waals surface area contributed by atoms with Gasteiger partial charge in [-0.2, -0.15) is 0 Å². The van der Waals surface area contributed by atoms with E-state index in [4.69, 9.17) is 0 Å². The Labute approximate surface area is 159 Å². The SMILES string of the molecule is C=C/C(=C\C)C(C=C)C1=C(/C(=C\C)c2ccccc2)CC2(CCCC2)C1. The molecule has 1 aromatic rings. The molecular weight excluding hydrogens is 312 g/mol. The summed E-state index contributed by atoms with van der Waals surface area (Å²) in [7, 11) is 0. The summed E-state index contributed by atoms with van der Waals surface area (Å²) in [6.07, 6.45) is 16.6. The lowest BCUT2D eigenvalue weighted by Crippen LogP contribution is -2.13. The molecule has 0 bridgehead atoms. The first-order chi connectivity index (χ1) is 12.7. The van der Waals surface area contributed by atoms with E-state index in [1.54, 1.807) is 11.1 Å². The average molecular weight is 345 g/mol. The molecule has 0 saturated heterocycles. The van der Waals surface area contributed by atoms with E-state index in [-0.39, 0.29) is 5.92 Å².